The van der Waals surface area contributed by atoms with Crippen LogP contribution in [-0.4, -0.2) is 89.2 Å². The van der Waals surface area contributed by atoms with Gasteiger partial charge in [0.2, 0.25) is 0 Å². The molecule has 1 rings (SSSR count). The van der Waals surface area contributed by atoms with Gasteiger partial charge in [-0.25, -0.2) is 4.79 Å². The van der Waals surface area contributed by atoms with E-state index < -0.39 is 67.3 Å². The summed E-state index contributed by atoms with van der Waals surface area (Å²) in [5, 5.41) is 31.7. The van der Waals surface area contributed by atoms with Crippen LogP contribution in [0.2, 0.25) is 0 Å². The molecule has 6 atom stereocenters. The molecule has 0 aliphatic carbocycles. The van der Waals surface area contributed by atoms with Crippen LogP contribution in [0.5, 0.6) is 0 Å². The third kappa shape index (κ3) is 49.8. The van der Waals surface area contributed by atoms with Gasteiger partial charge in [0.05, 0.1) is 6.61 Å². The maximum atomic E-state index is 13.2. The molecule has 0 aromatic carbocycles. The predicted octanol–water partition coefficient (Wildman–Crippen LogP) is 19.2. The summed E-state index contributed by atoms with van der Waals surface area (Å²) in [6, 6.07) is 0. The highest BCUT2D eigenvalue weighted by Crippen LogP contribution is 2.27. The first-order valence-corrected chi connectivity index (χ1v) is 34.9. The van der Waals surface area contributed by atoms with Crippen molar-refractivity contribution >= 4 is 23.9 Å². The van der Waals surface area contributed by atoms with Crippen LogP contribution in [0.25, 0.3) is 0 Å². The SMILES string of the molecule is CCCCC/C=C\C/C=C\CCCCCCCCCCCC(=O)OCC(COC1OC(C(=O)O)C(O)C(O)C1OC(=O)CCCCCCCCCCC/C=C\C/C=C\CCCCC)OC(=O)CCCCCCCCC/C=C\C/C=C\CCCCC. The number of carbonyl (C=O) groups excluding carboxylic acids is 3. The van der Waals surface area contributed by atoms with E-state index in [2.05, 4.69) is 93.7 Å². The lowest BCUT2D eigenvalue weighted by Gasteiger charge is -2.40. The van der Waals surface area contributed by atoms with Crippen molar-refractivity contribution in [2.75, 3.05) is 13.2 Å². The highest BCUT2D eigenvalue weighted by molar-refractivity contribution is 5.74. The van der Waals surface area contributed by atoms with E-state index in [9.17, 15) is 34.5 Å². The Morgan fingerprint density at radius 3 is 1.06 bits per heavy atom. The molecule has 85 heavy (non-hydrogen) atoms. The van der Waals surface area contributed by atoms with Crippen LogP contribution in [-0.2, 0) is 42.9 Å². The van der Waals surface area contributed by atoms with Crippen molar-refractivity contribution in [2.24, 2.45) is 0 Å². The lowest BCUT2D eigenvalue weighted by atomic mass is 9.98. The lowest BCUT2D eigenvalue weighted by Crippen LogP contribution is -2.61. The molecule has 12 heteroatoms. The maximum absolute atomic E-state index is 13.2. The Labute approximate surface area is 518 Å². The number of aliphatic hydroxyl groups excluding tert-OH is 2. The van der Waals surface area contributed by atoms with Crippen LogP contribution in [0.15, 0.2) is 72.9 Å². The van der Waals surface area contributed by atoms with Gasteiger partial charge in [0.25, 0.3) is 0 Å². The number of rotatable bonds is 60. The quantitative estimate of drug-likeness (QED) is 0.0228. The first-order valence-electron chi connectivity index (χ1n) is 34.9. The standard InChI is InChI=1S/C73H126O12/c1-4-7-10-13-16-19-22-25-28-31-33-36-38-41-44-47-50-53-56-59-65(74)81-62-64(83-66(75)60-57-54-51-48-45-42-39-35-30-27-24-21-18-15-12-9-6-3)63-82-73-71(69(78)68(77)70(85-73)72(79)80)84-67(76)61-58-55-52-49-46-43-40-37-34-32-29-26-23-20-17-14-11-8-5-2/h16-21,25-30,64,68-71,73,77-78H,4-15,22-24,31-63H2,1-3H3,(H,79,80)/b19-16-,20-17-,21-18-,28-25-,29-26-,30-27-. The summed E-state index contributed by atoms with van der Waals surface area (Å²) >= 11 is 0. The van der Waals surface area contributed by atoms with Crippen molar-refractivity contribution < 1.29 is 58.2 Å². The van der Waals surface area contributed by atoms with Gasteiger partial charge in [-0.05, 0) is 116 Å². The second-order valence-corrected chi connectivity index (χ2v) is 23.8. The molecule has 0 aromatic heterocycles. The predicted molar refractivity (Wildman–Crippen MR) is 349 cm³/mol. The molecule has 0 saturated carbocycles. The molecule has 3 N–H and O–H groups in total. The first kappa shape index (κ1) is 79.2. The Balaban J connectivity index is 2.64. The number of ether oxygens (including phenoxy) is 5. The Bertz CT molecular complexity index is 1750. The van der Waals surface area contributed by atoms with E-state index in [1.54, 1.807) is 0 Å². The topological polar surface area (TPSA) is 175 Å². The van der Waals surface area contributed by atoms with E-state index in [0.717, 1.165) is 116 Å². The van der Waals surface area contributed by atoms with Gasteiger partial charge in [-0.3, -0.25) is 14.4 Å². The Morgan fingerprint density at radius 1 is 0.388 bits per heavy atom. The summed E-state index contributed by atoms with van der Waals surface area (Å²) in [6.07, 6.45) is 65.6. The van der Waals surface area contributed by atoms with Gasteiger partial charge in [-0.1, -0.05) is 254 Å². The molecule has 12 nitrogen and oxygen atoms in total. The first-order chi connectivity index (χ1) is 41.6. The molecule has 1 aliphatic rings. The third-order valence-electron chi connectivity index (χ3n) is 15.7. The molecule has 1 heterocycles. The fraction of sp³-hybridized carbons (Fsp3) is 0.781. The number of unbranched alkanes of at least 4 members (excludes halogenated alkanes) is 34. The molecule has 0 amide bonds. The van der Waals surface area contributed by atoms with Crippen LogP contribution in [0.3, 0.4) is 0 Å². The summed E-state index contributed by atoms with van der Waals surface area (Å²) in [5.41, 5.74) is 0. The minimum atomic E-state index is -1.91. The van der Waals surface area contributed by atoms with Crippen LogP contribution >= 0.6 is 0 Å². The zero-order valence-corrected chi connectivity index (χ0v) is 54.3. The molecule has 1 fully saturated rings. The van der Waals surface area contributed by atoms with Crippen molar-refractivity contribution in [3.63, 3.8) is 0 Å². The van der Waals surface area contributed by atoms with Crippen molar-refractivity contribution in [3.05, 3.63) is 72.9 Å². The molecule has 1 aliphatic heterocycles. The van der Waals surface area contributed by atoms with Crippen molar-refractivity contribution in [1.82, 2.24) is 0 Å². The molecule has 0 aromatic rings. The summed E-state index contributed by atoms with van der Waals surface area (Å²) in [4.78, 5) is 51.5. The van der Waals surface area contributed by atoms with Crippen LogP contribution in [0, 0.1) is 0 Å². The fourth-order valence-electron chi connectivity index (χ4n) is 10.3. The van der Waals surface area contributed by atoms with Crippen molar-refractivity contribution in [2.45, 2.75) is 353 Å². The normalized spacial score (nSPS) is 17.9. The van der Waals surface area contributed by atoms with E-state index in [-0.39, 0.29) is 25.9 Å². The summed E-state index contributed by atoms with van der Waals surface area (Å²) in [6.45, 7) is 5.96. The average Bonchev–Trinajstić information content (AvgIpc) is 3.51. The van der Waals surface area contributed by atoms with E-state index in [0.29, 0.717) is 19.3 Å². The Hall–Kier alpha value is -3.84. The fourth-order valence-corrected chi connectivity index (χ4v) is 10.3. The van der Waals surface area contributed by atoms with Crippen LogP contribution < -0.4 is 0 Å². The number of hydrogen-bond acceptors (Lipinski definition) is 11. The Morgan fingerprint density at radius 2 is 0.706 bits per heavy atom. The summed E-state index contributed by atoms with van der Waals surface area (Å²) in [5.74, 6) is -3.12. The monoisotopic (exact) mass is 1190 g/mol. The third-order valence-corrected chi connectivity index (χ3v) is 15.7. The molecular formula is C73H126O12. The van der Waals surface area contributed by atoms with E-state index >= 15 is 0 Å². The number of hydrogen-bond donors (Lipinski definition) is 3. The minimum absolute atomic E-state index is 0.0537. The van der Waals surface area contributed by atoms with Gasteiger partial charge in [0.1, 0.15) is 18.8 Å². The minimum Gasteiger partial charge on any atom is -0.479 e. The molecule has 0 spiro atoms. The van der Waals surface area contributed by atoms with Crippen LogP contribution in [0.4, 0.5) is 0 Å². The average molecular weight is 1200 g/mol. The van der Waals surface area contributed by atoms with E-state index in [1.807, 2.05) is 0 Å². The number of carboxylic acids is 1. The molecule has 0 radical (unpaired) electrons. The van der Waals surface area contributed by atoms with Gasteiger partial charge in [-0.15, -0.1) is 0 Å². The number of esters is 3. The summed E-state index contributed by atoms with van der Waals surface area (Å²) in [7, 11) is 0. The van der Waals surface area contributed by atoms with Gasteiger partial charge in [0, 0.05) is 19.3 Å². The van der Waals surface area contributed by atoms with Crippen LogP contribution in [0.1, 0.15) is 316 Å². The number of carbonyl (C=O) groups is 4. The maximum Gasteiger partial charge on any atom is 0.335 e. The molecule has 490 valence electrons. The Kier molecular flexibility index (Phi) is 56.3. The van der Waals surface area contributed by atoms with Gasteiger partial charge >= 0.3 is 23.9 Å². The van der Waals surface area contributed by atoms with Crippen molar-refractivity contribution in [3.8, 4) is 0 Å². The zero-order chi connectivity index (χ0) is 61.7. The zero-order valence-electron chi connectivity index (χ0n) is 54.3. The largest absolute Gasteiger partial charge is 0.479 e. The molecule has 1 saturated heterocycles. The number of aliphatic hydroxyl groups is 2. The number of carboxylic acid groups (broad SMARTS) is 1. The number of allylic oxidation sites excluding steroid dienone is 12. The van der Waals surface area contributed by atoms with Gasteiger partial charge in [0.15, 0.2) is 24.6 Å². The van der Waals surface area contributed by atoms with E-state index in [1.165, 1.54) is 141 Å². The molecular weight excluding hydrogens is 1070 g/mol. The van der Waals surface area contributed by atoms with E-state index in [4.69, 9.17) is 23.7 Å². The lowest BCUT2D eigenvalue weighted by molar-refractivity contribution is -0.301. The van der Waals surface area contributed by atoms with Crippen molar-refractivity contribution in [1.29, 1.82) is 0 Å². The molecule has 0 bridgehead atoms. The second kappa shape index (κ2) is 60.4. The summed E-state index contributed by atoms with van der Waals surface area (Å²) < 4.78 is 28.6. The van der Waals surface area contributed by atoms with Gasteiger partial charge in [-0.2, -0.15) is 0 Å². The number of aliphatic carboxylic acids is 1. The smallest absolute Gasteiger partial charge is 0.335 e. The highest BCUT2D eigenvalue weighted by atomic mass is 16.7. The molecule has 6 unspecified atom stereocenters. The second-order valence-electron chi connectivity index (χ2n) is 23.8. The highest BCUT2D eigenvalue weighted by Gasteiger charge is 2.50. The van der Waals surface area contributed by atoms with Gasteiger partial charge < -0.3 is 39.0 Å².